The second-order valence-corrected chi connectivity index (χ2v) is 14.2. The van der Waals surface area contributed by atoms with Gasteiger partial charge in [0.2, 0.25) is 5.58 Å². The standard InChI is InChI=1S/C31H24Cl2N2O8S2/c32-24-18-26-30(22-10-3-1-8-20(22)24)42-28(34(26)14-6-16-44(36,37)38)12-5-13-29-35(15-7-17-45(39,40)41)27-19-25(33)21-9-2-4-11-23(21)31(27)43-29/h1-4,8-12,18-19H,6-7,14-17H2,(H-,36,37,38,39,40,41)/p-1. The first kappa shape index (κ1) is 31.2. The molecule has 232 valence electrons. The molecule has 0 bridgehead atoms. The zero-order valence-corrected chi connectivity index (χ0v) is 26.5. The zero-order valence-electron chi connectivity index (χ0n) is 23.3. The van der Waals surface area contributed by atoms with E-state index < -0.39 is 31.7 Å². The van der Waals surface area contributed by atoms with Crippen molar-refractivity contribution < 1.29 is 39.7 Å². The SMILES string of the molecule is O=S(=O)([O-])CCCN1C(=C=C=Cc2oc3c4ccccc4c(Cl)cc3[n+]2CCCS(=O)(=O)[O-])Oc2c1cc(Cl)c1ccccc21. The molecule has 0 radical (unpaired) electrons. The van der Waals surface area contributed by atoms with Gasteiger partial charge in [-0.25, -0.2) is 16.8 Å². The number of rotatable bonds is 9. The maximum atomic E-state index is 11.3. The highest BCUT2D eigenvalue weighted by atomic mass is 35.5. The molecule has 4 aromatic carbocycles. The van der Waals surface area contributed by atoms with Gasteiger partial charge in [-0.1, -0.05) is 77.5 Å². The number of aromatic nitrogens is 1. The van der Waals surface area contributed by atoms with Gasteiger partial charge in [0.15, 0.2) is 12.3 Å². The molecule has 5 aromatic rings. The third kappa shape index (κ3) is 6.60. The maximum absolute atomic E-state index is 11.3. The second-order valence-electron chi connectivity index (χ2n) is 10.3. The van der Waals surface area contributed by atoms with Crippen LogP contribution in [-0.4, -0.2) is 44.0 Å². The number of aryl methyl sites for hydroxylation is 1. The number of halogens is 2. The fraction of sp³-hybridized carbons (Fsp3) is 0.194. The van der Waals surface area contributed by atoms with Crippen LogP contribution in [0.2, 0.25) is 10.0 Å². The van der Waals surface area contributed by atoms with Crippen LogP contribution in [0.15, 0.2) is 82.4 Å². The minimum atomic E-state index is -4.44. The van der Waals surface area contributed by atoms with E-state index in [2.05, 4.69) is 11.5 Å². The highest BCUT2D eigenvalue weighted by molar-refractivity contribution is 7.85. The number of nitrogens with zero attached hydrogens (tertiary/aromatic N) is 2. The highest BCUT2D eigenvalue weighted by Crippen LogP contribution is 2.46. The number of hydrogen-bond donors (Lipinski definition) is 0. The molecule has 45 heavy (non-hydrogen) atoms. The molecule has 0 aliphatic carbocycles. The Morgan fingerprint density at radius 1 is 0.844 bits per heavy atom. The van der Waals surface area contributed by atoms with Gasteiger partial charge in [-0.3, -0.25) is 0 Å². The van der Waals surface area contributed by atoms with Gasteiger partial charge in [-0.05, 0) is 18.2 Å². The largest absolute Gasteiger partial charge is 0.748 e. The van der Waals surface area contributed by atoms with Crippen molar-refractivity contribution in [2.75, 3.05) is 23.0 Å². The van der Waals surface area contributed by atoms with Crippen molar-refractivity contribution in [3.63, 3.8) is 0 Å². The van der Waals surface area contributed by atoms with Crippen molar-refractivity contribution >= 4 is 87.8 Å². The van der Waals surface area contributed by atoms with Crippen LogP contribution in [0.5, 0.6) is 5.75 Å². The Morgan fingerprint density at radius 3 is 2.13 bits per heavy atom. The number of hydrogen-bond acceptors (Lipinski definition) is 9. The third-order valence-corrected chi connectivity index (χ3v) is 9.48. The minimum absolute atomic E-state index is 0.0218. The average molecular weight is 687 g/mol. The van der Waals surface area contributed by atoms with Crippen molar-refractivity contribution in [3.8, 4) is 5.75 Å². The lowest BCUT2D eigenvalue weighted by Crippen LogP contribution is -2.36. The van der Waals surface area contributed by atoms with E-state index in [1.54, 1.807) is 21.6 Å². The van der Waals surface area contributed by atoms with E-state index in [1.165, 1.54) is 6.08 Å². The van der Waals surface area contributed by atoms with E-state index in [1.807, 2.05) is 48.5 Å². The molecule has 0 atom stereocenters. The Bertz CT molecular complexity index is 2320. The molecule has 1 aliphatic rings. The van der Waals surface area contributed by atoms with Crippen LogP contribution >= 0.6 is 23.2 Å². The Morgan fingerprint density at radius 2 is 1.44 bits per heavy atom. The Balaban J connectivity index is 1.47. The molecule has 0 unspecified atom stereocenters. The second kappa shape index (κ2) is 12.2. The summed E-state index contributed by atoms with van der Waals surface area (Å²) >= 11 is 13.1. The first-order valence-electron chi connectivity index (χ1n) is 13.7. The first-order valence-corrected chi connectivity index (χ1v) is 17.6. The molecule has 1 aromatic heterocycles. The molecule has 0 saturated carbocycles. The average Bonchev–Trinajstić information content (AvgIpc) is 3.50. The first-order chi connectivity index (χ1) is 21.4. The van der Waals surface area contributed by atoms with E-state index in [4.69, 9.17) is 32.4 Å². The van der Waals surface area contributed by atoms with Gasteiger partial charge < -0.3 is 23.2 Å². The van der Waals surface area contributed by atoms with Crippen molar-refractivity contribution in [3.05, 3.63) is 93.9 Å². The fourth-order valence-corrected chi connectivity index (χ4v) is 6.85. The molecule has 0 saturated heterocycles. The van der Waals surface area contributed by atoms with Crippen molar-refractivity contribution in [2.45, 2.75) is 19.4 Å². The summed E-state index contributed by atoms with van der Waals surface area (Å²) < 4.78 is 81.8. The molecule has 0 fully saturated rings. The van der Waals surface area contributed by atoms with Crippen molar-refractivity contribution in [1.29, 1.82) is 0 Å². The number of fused-ring (bicyclic) bond motifs is 6. The summed E-state index contributed by atoms with van der Waals surface area (Å²) in [4.78, 5) is 1.67. The molecule has 1 aliphatic heterocycles. The molecule has 0 N–H and O–H groups in total. The van der Waals surface area contributed by atoms with Gasteiger partial charge >= 0.3 is 5.89 Å². The molecule has 0 amide bonds. The predicted octanol–water partition coefficient (Wildman–Crippen LogP) is 5.71. The van der Waals surface area contributed by atoms with E-state index in [0.29, 0.717) is 32.6 Å². The quantitative estimate of drug-likeness (QED) is 0.108. The fourth-order valence-electron chi connectivity index (χ4n) is 5.35. The van der Waals surface area contributed by atoms with Crippen molar-refractivity contribution in [1.82, 2.24) is 0 Å². The van der Waals surface area contributed by atoms with Gasteiger partial charge in [-0.2, -0.15) is 4.57 Å². The lowest BCUT2D eigenvalue weighted by molar-refractivity contribution is -0.677. The van der Waals surface area contributed by atoms with Crippen LogP contribution in [-0.2, 0) is 26.8 Å². The van der Waals surface area contributed by atoms with Gasteiger partial charge in [-0.15, -0.1) is 0 Å². The molecule has 6 rings (SSSR count). The summed E-state index contributed by atoms with van der Waals surface area (Å²) in [7, 11) is -8.87. The Kier molecular flexibility index (Phi) is 8.43. The van der Waals surface area contributed by atoms with Gasteiger partial charge in [0.25, 0.3) is 11.4 Å². The monoisotopic (exact) mass is 685 g/mol. The number of ether oxygens (including phenoxy) is 1. The number of oxazole rings is 1. The van der Waals surface area contributed by atoms with Crippen molar-refractivity contribution in [2.24, 2.45) is 0 Å². The van der Waals surface area contributed by atoms with Gasteiger partial charge in [0.1, 0.15) is 6.08 Å². The highest BCUT2D eigenvalue weighted by Gasteiger charge is 2.29. The van der Waals surface area contributed by atoms with E-state index in [9.17, 15) is 25.9 Å². The maximum Gasteiger partial charge on any atom is 0.382 e. The van der Waals surface area contributed by atoms with E-state index >= 15 is 0 Å². The molecular formula is C31H23Cl2N2O8S2-. The summed E-state index contributed by atoms with van der Waals surface area (Å²) in [6.07, 6.45) is 1.54. The summed E-state index contributed by atoms with van der Waals surface area (Å²) in [6, 6.07) is 18.2. The molecule has 10 nitrogen and oxygen atoms in total. The topological polar surface area (TPSA) is 144 Å². The molecule has 14 heteroatoms. The molecule has 2 heterocycles. The lowest BCUT2D eigenvalue weighted by Gasteiger charge is -2.17. The van der Waals surface area contributed by atoms with Gasteiger partial charge in [0.05, 0.1) is 36.0 Å². The van der Waals surface area contributed by atoms with Crippen LogP contribution in [0.3, 0.4) is 0 Å². The smallest absolute Gasteiger partial charge is 0.382 e. The van der Waals surface area contributed by atoms with E-state index in [-0.39, 0.29) is 37.7 Å². The third-order valence-electron chi connectivity index (χ3n) is 7.28. The molecule has 0 spiro atoms. The number of benzene rings is 4. The predicted molar refractivity (Wildman–Crippen MR) is 169 cm³/mol. The summed E-state index contributed by atoms with van der Waals surface area (Å²) in [5.41, 5.74) is 7.56. The van der Waals surface area contributed by atoms with Crippen LogP contribution < -0.4 is 14.2 Å². The number of anilines is 1. The van der Waals surface area contributed by atoms with E-state index in [0.717, 1.165) is 21.5 Å². The molecular weight excluding hydrogens is 663 g/mol. The summed E-state index contributed by atoms with van der Waals surface area (Å²) in [6.45, 7) is 0.251. The summed E-state index contributed by atoms with van der Waals surface area (Å²) in [5.74, 6) is -0.176. The van der Waals surface area contributed by atoms with Crippen LogP contribution in [0.4, 0.5) is 5.69 Å². The lowest BCUT2D eigenvalue weighted by atomic mass is 10.1. The Hall–Kier alpha value is -3.83. The normalized spacial score (nSPS) is 13.2. The van der Waals surface area contributed by atoms with Crippen LogP contribution in [0, 0.1) is 0 Å². The van der Waals surface area contributed by atoms with Crippen LogP contribution in [0.1, 0.15) is 18.7 Å². The summed E-state index contributed by atoms with van der Waals surface area (Å²) in [5, 5.41) is 3.93. The minimum Gasteiger partial charge on any atom is -0.748 e. The van der Waals surface area contributed by atoms with Gasteiger partial charge in [0, 0.05) is 52.1 Å². The zero-order chi connectivity index (χ0) is 31.9. The van der Waals surface area contributed by atoms with Crippen LogP contribution in [0.25, 0.3) is 38.7 Å². The Labute approximate surface area is 268 Å².